The molecule has 0 saturated carbocycles. The van der Waals surface area contributed by atoms with Crippen molar-refractivity contribution in [2.45, 2.75) is 32.6 Å². The lowest BCUT2D eigenvalue weighted by Gasteiger charge is -2.18. The van der Waals surface area contributed by atoms with E-state index >= 15 is 0 Å². The summed E-state index contributed by atoms with van der Waals surface area (Å²) < 4.78 is 0. The minimum atomic E-state index is -0.236. The van der Waals surface area contributed by atoms with E-state index in [-0.39, 0.29) is 11.8 Å². The first-order valence-corrected chi connectivity index (χ1v) is 6.75. The van der Waals surface area contributed by atoms with E-state index < -0.39 is 0 Å². The van der Waals surface area contributed by atoms with Gasteiger partial charge in [0.1, 0.15) is 0 Å². The summed E-state index contributed by atoms with van der Waals surface area (Å²) in [5, 5.41) is 3.02. The van der Waals surface area contributed by atoms with Crippen molar-refractivity contribution < 1.29 is 4.79 Å². The van der Waals surface area contributed by atoms with Crippen molar-refractivity contribution in [1.29, 1.82) is 0 Å². The molecule has 3 heteroatoms. The maximum atomic E-state index is 12.1. The van der Waals surface area contributed by atoms with Crippen LogP contribution in [0.5, 0.6) is 0 Å². The van der Waals surface area contributed by atoms with E-state index in [0.29, 0.717) is 12.5 Å². The van der Waals surface area contributed by atoms with Gasteiger partial charge in [-0.05, 0) is 11.5 Å². The highest BCUT2D eigenvalue weighted by atomic mass is 16.1. The maximum Gasteiger partial charge on any atom is 0.228 e. The van der Waals surface area contributed by atoms with Gasteiger partial charge >= 0.3 is 0 Å². The van der Waals surface area contributed by atoms with Crippen LogP contribution >= 0.6 is 0 Å². The molecule has 1 atom stereocenters. The van der Waals surface area contributed by atoms with Gasteiger partial charge in [0.05, 0.1) is 5.92 Å². The van der Waals surface area contributed by atoms with Crippen molar-refractivity contribution in [2.24, 2.45) is 11.7 Å². The van der Waals surface area contributed by atoms with Crippen LogP contribution in [0.3, 0.4) is 0 Å². The number of amides is 1. The van der Waals surface area contributed by atoms with Crippen LogP contribution in [0, 0.1) is 5.92 Å². The number of carbonyl (C=O) groups is 1. The molecule has 1 amide bonds. The van der Waals surface area contributed by atoms with Gasteiger partial charge in [-0.2, -0.15) is 0 Å². The normalized spacial score (nSPS) is 12.4. The van der Waals surface area contributed by atoms with E-state index in [1.165, 1.54) is 0 Å². The van der Waals surface area contributed by atoms with Gasteiger partial charge in [-0.1, -0.05) is 57.0 Å². The summed E-state index contributed by atoms with van der Waals surface area (Å²) in [7, 11) is 0. The Morgan fingerprint density at radius 1 is 1.22 bits per heavy atom. The molecule has 0 spiro atoms. The zero-order chi connectivity index (χ0) is 13.4. The molecule has 0 heterocycles. The predicted octanol–water partition coefficient (Wildman–Crippen LogP) is 2.28. The summed E-state index contributed by atoms with van der Waals surface area (Å²) in [5.74, 6) is 0.360. The van der Waals surface area contributed by atoms with Crippen molar-refractivity contribution in [1.82, 2.24) is 5.32 Å². The highest BCUT2D eigenvalue weighted by Crippen LogP contribution is 2.14. The van der Waals surface area contributed by atoms with Gasteiger partial charge in [0.2, 0.25) is 5.91 Å². The number of benzene rings is 1. The monoisotopic (exact) mass is 248 g/mol. The third kappa shape index (κ3) is 4.15. The Hall–Kier alpha value is -1.35. The van der Waals surface area contributed by atoms with E-state index in [1.807, 2.05) is 30.3 Å². The van der Waals surface area contributed by atoms with Gasteiger partial charge in [-0.15, -0.1) is 0 Å². The largest absolute Gasteiger partial charge is 0.355 e. The first-order chi connectivity index (χ1) is 8.72. The van der Waals surface area contributed by atoms with Crippen molar-refractivity contribution in [3.8, 4) is 0 Å². The second-order valence-electron chi connectivity index (χ2n) is 4.63. The SMILES string of the molecule is CCC(CC)CNC(=O)C(CN)c1ccccc1. The number of hydrogen-bond acceptors (Lipinski definition) is 2. The minimum Gasteiger partial charge on any atom is -0.355 e. The van der Waals surface area contributed by atoms with E-state index in [0.717, 1.165) is 24.9 Å². The van der Waals surface area contributed by atoms with E-state index in [4.69, 9.17) is 5.73 Å². The Balaban J connectivity index is 2.58. The lowest BCUT2D eigenvalue weighted by molar-refractivity contribution is -0.122. The van der Waals surface area contributed by atoms with Gasteiger partial charge < -0.3 is 11.1 Å². The molecule has 0 fully saturated rings. The standard InChI is InChI=1S/C15H24N2O/c1-3-12(4-2)11-17-15(18)14(10-16)13-8-6-5-7-9-13/h5-9,12,14H,3-4,10-11,16H2,1-2H3,(H,17,18). The molecule has 3 nitrogen and oxygen atoms in total. The van der Waals surface area contributed by atoms with Crippen molar-refractivity contribution in [3.05, 3.63) is 35.9 Å². The van der Waals surface area contributed by atoms with Gasteiger partial charge in [0.15, 0.2) is 0 Å². The Morgan fingerprint density at radius 2 is 1.83 bits per heavy atom. The average molecular weight is 248 g/mol. The Bertz CT molecular complexity index is 347. The third-order valence-corrected chi connectivity index (χ3v) is 3.47. The Morgan fingerprint density at radius 3 is 2.33 bits per heavy atom. The molecule has 1 rings (SSSR count). The van der Waals surface area contributed by atoms with E-state index in [2.05, 4.69) is 19.2 Å². The quantitative estimate of drug-likeness (QED) is 0.778. The first kappa shape index (κ1) is 14.7. The summed E-state index contributed by atoms with van der Waals surface area (Å²) in [6.45, 7) is 5.39. The third-order valence-electron chi connectivity index (χ3n) is 3.47. The molecule has 0 bridgehead atoms. The van der Waals surface area contributed by atoms with Crippen LogP contribution in [0.25, 0.3) is 0 Å². The Kier molecular flexibility index (Phi) is 6.44. The van der Waals surface area contributed by atoms with Crippen LogP contribution in [-0.4, -0.2) is 19.0 Å². The molecule has 0 aromatic heterocycles. The zero-order valence-electron chi connectivity index (χ0n) is 11.4. The summed E-state index contributed by atoms with van der Waals surface area (Å²) in [5.41, 5.74) is 6.70. The van der Waals surface area contributed by atoms with E-state index in [1.54, 1.807) is 0 Å². The number of hydrogen-bond donors (Lipinski definition) is 2. The molecule has 18 heavy (non-hydrogen) atoms. The fraction of sp³-hybridized carbons (Fsp3) is 0.533. The van der Waals surface area contributed by atoms with E-state index in [9.17, 15) is 4.79 Å². The summed E-state index contributed by atoms with van der Waals surface area (Å²) in [6, 6.07) is 9.72. The molecule has 100 valence electrons. The molecule has 0 aliphatic heterocycles. The number of rotatable bonds is 7. The van der Waals surface area contributed by atoms with Gasteiger partial charge in [0.25, 0.3) is 0 Å². The molecule has 1 aromatic rings. The topological polar surface area (TPSA) is 55.1 Å². The first-order valence-electron chi connectivity index (χ1n) is 6.75. The lowest BCUT2D eigenvalue weighted by atomic mass is 9.97. The van der Waals surface area contributed by atoms with Crippen molar-refractivity contribution in [3.63, 3.8) is 0 Å². The predicted molar refractivity (Wildman–Crippen MR) is 75.3 cm³/mol. The molecule has 0 saturated heterocycles. The molecule has 1 aromatic carbocycles. The van der Waals surface area contributed by atoms with Crippen LogP contribution in [0.1, 0.15) is 38.2 Å². The van der Waals surface area contributed by atoms with Gasteiger partial charge in [0, 0.05) is 13.1 Å². The second kappa shape index (κ2) is 7.88. The summed E-state index contributed by atoms with van der Waals surface area (Å²) >= 11 is 0. The number of nitrogens with two attached hydrogens (primary N) is 1. The summed E-state index contributed by atoms with van der Waals surface area (Å²) in [4.78, 5) is 12.1. The highest BCUT2D eigenvalue weighted by molar-refractivity contribution is 5.83. The van der Waals surface area contributed by atoms with Crippen LogP contribution in [0.4, 0.5) is 0 Å². The van der Waals surface area contributed by atoms with Crippen LogP contribution in [0.15, 0.2) is 30.3 Å². The fourth-order valence-electron chi connectivity index (χ4n) is 2.03. The molecule has 3 N–H and O–H groups in total. The highest BCUT2D eigenvalue weighted by Gasteiger charge is 2.19. The molecule has 1 unspecified atom stereocenters. The fourth-order valence-corrected chi connectivity index (χ4v) is 2.03. The Labute approximate surface area is 110 Å². The van der Waals surface area contributed by atoms with Crippen LogP contribution in [-0.2, 0) is 4.79 Å². The van der Waals surface area contributed by atoms with Crippen molar-refractivity contribution >= 4 is 5.91 Å². The second-order valence-corrected chi connectivity index (χ2v) is 4.63. The molecule has 0 radical (unpaired) electrons. The lowest BCUT2D eigenvalue weighted by Crippen LogP contribution is -2.36. The summed E-state index contributed by atoms with van der Waals surface area (Å²) in [6.07, 6.45) is 2.19. The van der Waals surface area contributed by atoms with Crippen LogP contribution < -0.4 is 11.1 Å². The van der Waals surface area contributed by atoms with Crippen LogP contribution in [0.2, 0.25) is 0 Å². The zero-order valence-corrected chi connectivity index (χ0v) is 11.4. The molecular formula is C15H24N2O. The molecule has 0 aliphatic rings. The number of carbonyl (C=O) groups excluding carboxylic acids is 1. The van der Waals surface area contributed by atoms with Gasteiger partial charge in [-0.3, -0.25) is 4.79 Å². The molecular weight excluding hydrogens is 224 g/mol. The minimum absolute atomic E-state index is 0.0376. The maximum absolute atomic E-state index is 12.1. The number of nitrogens with one attached hydrogen (secondary N) is 1. The molecule has 0 aliphatic carbocycles. The average Bonchev–Trinajstić information content (AvgIpc) is 2.42. The van der Waals surface area contributed by atoms with Crippen molar-refractivity contribution in [2.75, 3.05) is 13.1 Å². The smallest absolute Gasteiger partial charge is 0.228 e. The van der Waals surface area contributed by atoms with Gasteiger partial charge in [-0.25, -0.2) is 0 Å².